The summed E-state index contributed by atoms with van der Waals surface area (Å²) < 4.78 is 13.9. The van der Waals surface area contributed by atoms with Crippen molar-refractivity contribution in [2.75, 3.05) is 26.7 Å². The van der Waals surface area contributed by atoms with Crippen molar-refractivity contribution in [2.45, 2.75) is 31.8 Å². The molecule has 0 aliphatic carbocycles. The lowest BCUT2D eigenvalue weighted by molar-refractivity contribution is 0.196. The Bertz CT molecular complexity index is 755. The maximum Gasteiger partial charge on any atom is 0.191 e. The van der Waals surface area contributed by atoms with Crippen LogP contribution in [0.4, 0.5) is 4.39 Å². The maximum atomic E-state index is 13.9. The van der Waals surface area contributed by atoms with Gasteiger partial charge in [-0.1, -0.05) is 23.7 Å². The Balaban J connectivity index is 1.41. The summed E-state index contributed by atoms with van der Waals surface area (Å²) in [6.07, 6.45) is 4.45. The Kier molecular flexibility index (Phi) is 7.62. The van der Waals surface area contributed by atoms with Crippen LogP contribution in [0.1, 0.15) is 24.1 Å². The molecule has 1 fully saturated rings. The third-order valence-electron chi connectivity index (χ3n) is 4.99. The number of pyridine rings is 1. The van der Waals surface area contributed by atoms with Crippen molar-refractivity contribution in [3.63, 3.8) is 0 Å². The van der Waals surface area contributed by atoms with Crippen molar-refractivity contribution >= 4 is 17.6 Å². The fraction of sp³-hybridized carbons (Fsp3) is 0.429. The van der Waals surface area contributed by atoms with Gasteiger partial charge in [-0.05, 0) is 43.5 Å². The largest absolute Gasteiger partial charge is 0.356 e. The van der Waals surface area contributed by atoms with E-state index < -0.39 is 0 Å². The number of nitrogens with one attached hydrogen (secondary N) is 2. The van der Waals surface area contributed by atoms with Gasteiger partial charge in [0.15, 0.2) is 5.96 Å². The highest BCUT2D eigenvalue weighted by Crippen LogP contribution is 2.19. The van der Waals surface area contributed by atoms with Gasteiger partial charge in [0.2, 0.25) is 0 Å². The minimum absolute atomic E-state index is 0.266. The number of likely N-dealkylation sites (tertiary alicyclic amines) is 1. The predicted molar refractivity (Wildman–Crippen MR) is 112 cm³/mol. The lowest BCUT2D eigenvalue weighted by atomic mass is 10.0. The lowest BCUT2D eigenvalue weighted by Gasteiger charge is -2.32. The fourth-order valence-corrected chi connectivity index (χ4v) is 3.68. The first kappa shape index (κ1) is 20.6. The molecule has 0 bridgehead atoms. The maximum absolute atomic E-state index is 13.9. The molecule has 2 N–H and O–H groups in total. The number of nitrogens with zero attached hydrogens (tertiary/aromatic N) is 3. The third-order valence-corrected chi connectivity index (χ3v) is 5.35. The van der Waals surface area contributed by atoms with E-state index in [0.29, 0.717) is 29.6 Å². The second-order valence-corrected chi connectivity index (χ2v) is 7.37. The van der Waals surface area contributed by atoms with Crippen molar-refractivity contribution in [1.82, 2.24) is 20.5 Å². The predicted octanol–water partition coefficient (Wildman–Crippen LogP) is 3.25. The lowest BCUT2D eigenvalue weighted by Crippen LogP contribution is -2.48. The number of piperidine rings is 1. The second-order valence-electron chi connectivity index (χ2n) is 6.97. The van der Waals surface area contributed by atoms with E-state index in [9.17, 15) is 4.39 Å². The van der Waals surface area contributed by atoms with Gasteiger partial charge in [-0.15, -0.1) is 0 Å². The summed E-state index contributed by atoms with van der Waals surface area (Å²) in [7, 11) is 1.75. The molecule has 28 heavy (non-hydrogen) atoms. The molecule has 1 aromatic carbocycles. The van der Waals surface area contributed by atoms with Gasteiger partial charge in [-0.25, -0.2) is 4.39 Å². The molecule has 7 heteroatoms. The van der Waals surface area contributed by atoms with Crippen molar-refractivity contribution in [3.8, 4) is 0 Å². The summed E-state index contributed by atoms with van der Waals surface area (Å²) in [4.78, 5) is 11.1. The van der Waals surface area contributed by atoms with Crippen LogP contribution in [-0.4, -0.2) is 48.6 Å². The van der Waals surface area contributed by atoms with Crippen molar-refractivity contribution in [1.29, 1.82) is 0 Å². The minimum Gasteiger partial charge on any atom is -0.356 e. The zero-order chi connectivity index (χ0) is 19.8. The van der Waals surface area contributed by atoms with Gasteiger partial charge in [0, 0.05) is 56.1 Å². The smallest absolute Gasteiger partial charge is 0.191 e. The molecule has 0 saturated carbocycles. The second kappa shape index (κ2) is 10.4. The molecule has 5 nitrogen and oxygen atoms in total. The van der Waals surface area contributed by atoms with Gasteiger partial charge in [0.05, 0.1) is 5.69 Å². The van der Waals surface area contributed by atoms with Crippen molar-refractivity contribution in [2.24, 2.45) is 4.99 Å². The highest BCUT2D eigenvalue weighted by molar-refractivity contribution is 6.31. The van der Waals surface area contributed by atoms with Gasteiger partial charge in [-0.3, -0.25) is 14.9 Å². The highest BCUT2D eigenvalue weighted by Gasteiger charge is 2.20. The van der Waals surface area contributed by atoms with Gasteiger partial charge in [0.25, 0.3) is 0 Å². The van der Waals surface area contributed by atoms with Crippen LogP contribution in [-0.2, 0) is 13.0 Å². The van der Waals surface area contributed by atoms with Crippen molar-refractivity contribution in [3.05, 3.63) is 64.7 Å². The normalized spacial score (nSPS) is 16.2. The van der Waals surface area contributed by atoms with Crippen LogP contribution in [0.25, 0.3) is 0 Å². The fourth-order valence-electron chi connectivity index (χ4n) is 3.42. The van der Waals surface area contributed by atoms with Gasteiger partial charge in [0.1, 0.15) is 5.82 Å². The van der Waals surface area contributed by atoms with E-state index >= 15 is 0 Å². The van der Waals surface area contributed by atoms with Crippen LogP contribution < -0.4 is 10.6 Å². The van der Waals surface area contributed by atoms with Gasteiger partial charge >= 0.3 is 0 Å². The van der Waals surface area contributed by atoms with Crippen LogP contribution in [0, 0.1) is 5.82 Å². The summed E-state index contributed by atoms with van der Waals surface area (Å²) >= 11 is 6.08. The molecule has 0 radical (unpaired) electrons. The van der Waals surface area contributed by atoms with Gasteiger partial charge in [-0.2, -0.15) is 0 Å². The summed E-state index contributed by atoms with van der Waals surface area (Å²) in [5.41, 5.74) is 1.65. The monoisotopic (exact) mass is 403 g/mol. The van der Waals surface area contributed by atoms with Crippen molar-refractivity contribution < 1.29 is 4.39 Å². The van der Waals surface area contributed by atoms with Crippen LogP contribution in [0.5, 0.6) is 0 Å². The Morgan fingerprint density at radius 1 is 1.25 bits per heavy atom. The number of aliphatic imine (C=N–C) groups is 1. The third kappa shape index (κ3) is 5.91. The molecule has 1 aliphatic rings. The molecule has 1 aromatic heterocycles. The Labute approximate surface area is 171 Å². The number of halogens is 2. The number of hydrogen-bond donors (Lipinski definition) is 2. The topological polar surface area (TPSA) is 52.6 Å². The molecule has 0 amide bonds. The van der Waals surface area contributed by atoms with E-state index in [1.807, 2.05) is 18.3 Å². The van der Waals surface area contributed by atoms with E-state index in [2.05, 4.69) is 31.6 Å². The molecule has 0 unspecified atom stereocenters. The Morgan fingerprint density at radius 2 is 2.07 bits per heavy atom. The molecule has 2 heterocycles. The zero-order valence-corrected chi connectivity index (χ0v) is 16.9. The number of guanidine groups is 1. The SMILES string of the molecule is CN=C(NCCc1c(F)cccc1Cl)NC1CCN(Cc2ccccn2)CC1. The average Bonchev–Trinajstić information content (AvgIpc) is 2.71. The first-order valence-electron chi connectivity index (χ1n) is 9.68. The quantitative estimate of drug-likeness (QED) is 0.574. The summed E-state index contributed by atoms with van der Waals surface area (Å²) in [6.45, 7) is 3.51. The van der Waals surface area contributed by atoms with E-state index in [1.165, 1.54) is 6.07 Å². The van der Waals surface area contributed by atoms with E-state index in [0.717, 1.165) is 44.1 Å². The summed E-state index contributed by atoms with van der Waals surface area (Å²) in [5.74, 6) is 0.480. The zero-order valence-electron chi connectivity index (χ0n) is 16.2. The first-order chi connectivity index (χ1) is 13.7. The standard InChI is InChI=1S/C21H27ClFN5/c1-24-21(26-12-8-18-19(22)6-4-7-20(18)23)27-16-9-13-28(14-10-16)15-17-5-2-3-11-25-17/h2-7,11,16H,8-10,12-15H2,1H3,(H2,24,26,27). The van der Waals surface area contributed by atoms with E-state index in [4.69, 9.17) is 11.6 Å². The number of benzene rings is 1. The number of hydrogen-bond acceptors (Lipinski definition) is 3. The molecule has 1 saturated heterocycles. The molecule has 0 atom stereocenters. The first-order valence-corrected chi connectivity index (χ1v) is 10.1. The van der Waals surface area contributed by atoms with Crippen LogP contribution in [0.2, 0.25) is 5.02 Å². The molecule has 2 aromatic rings. The number of rotatable bonds is 6. The van der Waals surface area contributed by atoms with E-state index in [1.54, 1.807) is 19.2 Å². The summed E-state index contributed by atoms with van der Waals surface area (Å²) in [6, 6.07) is 11.2. The summed E-state index contributed by atoms with van der Waals surface area (Å²) in [5, 5.41) is 7.20. The number of aromatic nitrogens is 1. The molecule has 3 rings (SSSR count). The molecule has 150 valence electrons. The van der Waals surface area contributed by atoms with E-state index in [-0.39, 0.29) is 5.82 Å². The van der Waals surface area contributed by atoms with Crippen LogP contribution in [0.15, 0.2) is 47.6 Å². The van der Waals surface area contributed by atoms with Crippen LogP contribution >= 0.6 is 11.6 Å². The van der Waals surface area contributed by atoms with Crippen LogP contribution in [0.3, 0.4) is 0 Å². The Morgan fingerprint density at radius 3 is 2.75 bits per heavy atom. The minimum atomic E-state index is -0.266. The van der Waals surface area contributed by atoms with Gasteiger partial charge < -0.3 is 10.6 Å². The molecular weight excluding hydrogens is 377 g/mol. The Hall–Kier alpha value is -2.18. The molecular formula is C21H27ClFN5. The average molecular weight is 404 g/mol. The molecule has 1 aliphatic heterocycles. The molecule has 0 spiro atoms. The highest BCUT2D eigenvalue weighted by atomic mass is 35.5.